The van der Waals surface area contributed by atoms with Crippen LogP contribution in [0.5, 0.6) is 0 Å². The van der Waals surface area contributed by atoms with Crippen LogP contribution in [-0.2, 0) is 29.6 Å². The Morgan fingerprint density at radius 1 is 1.05 bits per heavy atom. The molecule has 1 aromatic heterocycles. The number of benzene rings is 3. The SMILES string of the molecule is Cn1nnc2cc(CNC(=O)C3CC(Cc4ccccc4F)CN3C(=O)C3CC(c4ccccc4)CN3)ccc21. The van der Waals surface area contributed by atoms with Crippen LogP contribution in [-0.4, -0.2) is 56.9 Å². The van der Waals surface area contributed by atoms with Gasteiger partial charge in [0, 0.05) is 26.7 Å². The van der Waals surface area contributed by atoms with Gasteiger partial charge in [-0.15, -0.1) is 5.10 Å². The molecule has 0 aliphatic carbocycles. The second kappa shape index (κ2) is 11.2. The Morgan fingerprint density at radius 3 is 2.67 bits per heavy atom. The van der Waals surface area contributed by atoms with Crippen molar-refractivity contribution in [2.45, 2.75) is 43.8 Å². The topological polar surface area (TPSA) is 92.2 Å². The largest absolute Gasteiger partial charge is 0.350 e. The molecule has 2 aliphatic heterocycles. The highest BCUT2D eigenvalue weighted by Gasteiger charge is 2.43. The summed E-state index contributed by atoms with van der Waals surface area (Å²) in [5.74, 6) is -0.276. The first-order chi connectivity index (χ1) is 19.5. The molecule has 8 nitrogen and oxygen atoms in total. The van der Waals surface area contributed by atoms with Gasteiger partial charge in [0.1, 0.15) is 17.4 Å². The third-order valence-corrected chi connectivity index (χ3v) is 8.28. The zero-order valence-corrected chi connectivity index (χ0v) is 22.5. The van der Waals surface area contributed by atoms with E-state index in [1.165, 1.54) is 11.6 Å². The summed E-state index contributed by atoms with van der Waals surface area (Å²) in [5, 5.41) is 14.6. The van der Waals surface area contributed by atoms with E-state index in [1.54, 1.807) is 21.7 Å². The predicted octanol–water partition coefficient (Wildman–Crippen LogP) is 3.33. The average molecular weight is 541 g/mol. The van der Waals surface area contributed by atoms with Gasteiger partial charge in [-0.2, -0.15) is 0 Å². The Kier molecular flexibility index (Phi) is 7.30. The first kappa shape index (κ1) is 26.1. The maximum atomic E-state index is 14.4. The lowest BCUT2D eigenvalue weighted by atomic mass is 9.96. The molecule has 206 valence electrons. The van der Waals surface area contributed by atoms with Gasteiger partial charge in [-0.3, -0.25) is 9.59 Å². The van der Waals surface area contributed by atoms with Crippen molar-refractivity contribution in [1.82, 2.24) is 30.5 Å². The van der Waals surface area contributed by atoms with Gasteiger partial charge in [0.15, 0.2) is 0 Å². The summed E-state index contributed by atoms with van der Waals surface area (Å²) in [6.45, 7) is 1.46. The van der Waals surface area contributed by atoms with Gasteiger partial charge in [0.05, 0.1) is 11.6 Å². The Labute approximate surface area is 232 Å². The van der Waals surface area contributed by atoms with Crippen molar-refractivity contribution < 1.29 is 14.0 Å². The van der Waals surface area contributed by atoms with E-state index in [1.807, 2.05) is 49.5 Å². The zero-order chi connectivity index (χ0) is 27.6. The Bertz CT molecular complexity index is 1520. The van der Waals surface area contributed by atoms with Gasteiger partial charge < -0.3 is 15.5 Å². The van der Waals surface area contributed by atoms with Gasteiger partial charge in [-0.25, -0.2) is 9.07 Å². The van der Waals surface area contributed by atoms with Crippen LogP contribution < -0.4 is 10.6 Å². The summed E-state index contributed by atoms with van der Waals surface area (Å²) in [6.07, 6.45) is 1.65. The summed E-state index contributed by atoms with van der Waals surface area (Å²) in [5.41, 5.74) is 4.40. The van der Waals surface area contributed by atoms with E-state index >= 15 is 0 Å². The van der Waals surface area contributed by atoms with Crippen LogP contribution in [0.15, 0.2) is 72.8 Å². The maximum Gasteiger partial charge on any atom is 0.243 e. The second-order valence-electron chi connectivity index (χ2n) is 11.0. The van der Waals surface area contributed by atoms with E-state index in [0.717, 1.165) is 16.6 Å². The smallest absolute Gasteiger partial charge is 0.243 e. The number of aromatic nitrogens is 3. The molecule has 2 N–H and O–H groups in total. The van der Waals surface area contributed by atoms with E-state index in [0.29, 0.717) is 44.5 Å². The number of rotatable bonds is 7. The minimum Gasteiger partial charge on any atom is -0.350 e. The fraction of sp³-hybridized carbons (Fsp3) is 0.355. The number of nitrogens with one attached hydrogen (secondary N) is 2. The van der Waals surface area contributed by atoms with E-state index in [9.17, 15) is 14.0 Å². The first-order valence-electron chi connectivity index (χ1n) is 13.8. The van der Waals surface area contributed by atoms with Crippen molar-refractivity contribution in [3.05, 3.63) is 95.3 Å². The highest BCUT2D eigenvalue weighted by molar-refractivity contribution is 5.90. The number of hydrogen-bond donors (Lipinski definition) is 2. The van der Waals surface area contributed by atoms with Crippen LogP contribution >= 0.6 is 0 Å². The normalized spacial score (nSPS) is 22.6. The van der Waals surface area contributed by atoms with Crippen molar-refractivity contribution >= 4 is 22.8 Å². The number of amides is 2. The van der Waals surface area contributed by atoms with Crippen LogP contribution in [0.2, 0.25) is 0 Å². The van der Waals surface area contributed by atoms with Gasteiger partial charge in [-0.05, 0) is 66.0 Å². The lowest BCUT2D eigenvalue weighted by Gasteiger charge is -2.27. The number of hydrogen-bond acceptors (Lipinski definition) is 5. The molecule has 0 radical (unpaired) electrons. The quantitative estimate of drug-likeness (QED) is 0.375. The number of carbonyl (C=O) groups is 2. The van der Waals surface area contributed by atoms with Crippen molar-refractivity contribution in [2.75, 3.05) is 13.1 Å². The number of fused-ring (bicyclic) bond motifs is 1. The monoisotopic (exact) mass is 540 g/mol. The summed E-state index contributed by atoms with van der Waals surface area (Å²) >= 11 is 0. The lowest BCUT2D eigenvalue weighted by molar-refractivity contribution is -0.139. The molecular formula is C31H33FN6O2. The molecule has 0 spiro atoms. The van der Waals surface area contributed by atoms with Crippen LogP contribution in [0.25, 0.3) is 11.0 Å². The fourth-order valence-electron chi connectivity index (χ4n) is 6.14. The minimum atomic E-state index is -0.609. The maximum absolute atomic E-state index is 14.4. The molecule has 0 bridgehead atoms. The molecule has 6 rings (SSSR count). The molecule has 3 heterocycles. The average Bonchev–Trinajstić information content (AvgIpc) is 3.72. The molecule has 40 heavy (non-hydrogen) atoms. The summed E-state index contributed by atoms with van der Waals surface area (Å²) in [6, 6.07) is 21.7. The van der Waals surface area contributed by atoms with E-state index in [-0.39, 0.29) is 35.5 Å². The lowest BCUT2D eigenvalue weighted by Crippen LogP contribution is -2.51. The van der Waals surface area contributed by atoms with E-state index < -0.39 is 6.04 Å². The highest BCUT2D eigenvalue weighted by atomic mass is 19.1. The van der Waals surface area contributed by atoms with Crippen LogP contribution in [0.1, 0.15) is 35.4 Å². The third-order valence-electron chi connectivity index (χ3n) is 8.28. The Balaban J connectivity index is 1.17. The van der Waals surface area contributed by atoms with Gasteiger partial charge >= 0.3 is 0 Å². The number of halogens is 1. The molecule has 4 aromatic rings. The van der Waals surface area contributed by atoms with Gasteiger partial charge in [0.2, 0.25) is 11.8 Å². The molecule has 2 aliphatic rings. The van der Waals surface area contributed by atoms with E-state index in [4.69, 9.17) is 0 Å². The zero-order valence-electron chi connectivity index (χ0n) is 22.5. The van der Waals surface area contributed by atoms with Crippen molar-refractivity contribution in [2.24, 2.45) is 13.0 Å². The van der Waals surface area contributed by atoms with Gasteiger partial charge in [-0.1, -0.05) is 59.8 Å². The summed E-state index contributed by atoms with van der Waals surface area (Å²) in [7, 11) is 1.83. The van der Waals surface area contributed by atoms with Gasteiger partial charge in [0.25, 0.3) is 0 Å². The molecule has 4 atom stereocenters. The first-order valence-corrected chi connectivity index (χ1v) is 13.8. The Morgan fingerprint density at radius 2 is 1.85 bits per heavy atom. The van der Waals surface area contributed by atoms with Crippen LogP contribution in [0.4, 0.5) is 4.39 Å². The third kappa shape index (κ3) is 5.34. The highest BCUT2D eigenvalue weighted by Crippen LogP contribution is 2.32. The minimum absolute atomic E-state index is 0.0149. The van der Waals surface area contributed by atoms with E-state index in [2.05, 4.69) is 33.1 Å². The number of aryl methyl sites for hydroxylation is 1. The number of carbonyl (C=O) groups excluding carboxylic acids is 2. The molecule has 2 amide bonds. The van der Waals surface area contributed by atoms with Crippen molar-refractivity contribution in [3.63, 3.8) is 0 Å². The summed E-state index contributed by atoms with van der Waals surface area (Å²) in [4.78, 5) is 29.1. The molecule has 3 aromatic carbocycles. The second-order valence-corrected chi connectivity index (χ2v) is 11.0. The number of likely N-dealkylation sites (tertiary alicyclic amines) is 1. The molecule has 0 saturated carbocycles. The molecule has 2 saturated heterocycles. The molecule has 2 fully saturated rings. The molecule has 4 unspecified atom stereocenters. The van der Waals surface area contributed by atoms with Crippen LogP contribution in [0.3, 0.4) is 0 Å². The molecular weight excluding hydrogens is 507 g/mol. The predicted molar refractivity (Wildman–Crippen MR) is 150 cm³/mol. The molecule has 9 heteroatoms. The summed E-state index contributed by atoms with van der Waals surface area (Å²) < 4.78 is 16.1. The standard InChI is InChI=1S/C31H33FN6O2/c1-37-28-12-11-20(14-26(28)35-36-37)17-34-30(39)29-15-21(13-23-9-5-6-10-25(23)32)19-38(29)31(40)27-16-24(18-33-27)22-7-3-2-4-8-22/h2-12,14,21,24,27,29,33H,13,15-19H2,1H3,(H,34,39). The number of nitrogens with zero attached hydrogens (tertiary/aromatic N) is 4. The Hall–Kier alpha value is -4.11. The van der Waals surface area contributed by atoms with Crippen molar-refractivity contribution in [1.29, 1.82) is 0 Å². The fourth-order valence-corrected chi connectivity index (χ4v) is 6.14. The van der Waals surface area contributed by atoms with Crippen LogP contribution in [0, 0.1) is 11.7 Å². The van der Waals surface area contributed by atoms with Crippen molar-refractivity contribution in [3.8, 4) is 0 Å².